The van der Waals surface area contributed by atoms with Gasteiger partial charge in [0.1, 0.15) is 11.5 Å². The molecule has 0 aliphatic carbocycles. The molecule has 0 aliphatic rings. The van der Waals surface area contributed by atoms with Crippen molar-refractivity contribution in [3.63, 3.8) is 0 Å². The third kappa shape index (κ3) is 7.30. The van der Waals surface area contributed by atoms with Crippen LogP contribution in [-0.2, 0) is 5.41 Å². The number of rotatable bonds is 6. The Labute approximate surface area is 259 Å². The Balaban J connectivity index is 1.53. The molecule has 0 saturated heterocycles. The molecule has 0 N–H and O–H groups in total. The van der Waals surface area contributed by atoms with Gasteiger partial charge in [-0.05, 0) is 123 Å². The minimum absolute atomic E-state index is 0.290. The summed E-state index contributed by atoms with van der Waals surface area (Å²) in [4.78, 5) is 24.7. The lowest BCUT2D eigenvalue weighted by Gasteiger charge is -2.28. The predicted octanol–water partition coefficient (Wildman–Crippen LogP) is 10.2. The summed E-state index contributed by atoms with van der Waals surface area (Å²) in [5.41, 5.74) is 1.32. The first kappa shape index (κ1) is 29.3. The van der Waals surface area contributed by atoms with Crippen molar-refractivity contribution >= 4 is 76.0 Å². The summed E-state index contributed by atoms with van der Waals surface area (Å²) < 4.78 is 23.6. The van der Waals surface area contributed by atoms with Gasteiger partial charge in [0.05, 0.1) is 17.9 Å². The van der Waals surface area contributed by atoms with Crippen LogP contribution in [0.25, 0.3) is 0 Å². The number of para-hydroxylation sites is 2. The van der Waals surface area contributed by atoms with Gasteiger partial charge in [0.25, 0.3) is 0 Å². The van der Waals surface area contributed by atoms with Gasteiger partial charge in [-0.3, -0.25) is 0 Å². The van der Waals surface area contributed by atoms with Crippen LogP contribution in [0.5, 0.6) is 23.0 Å². The van der Waals surface area contributed by atoms with Crippen molar-refractivity contribution in [1.29, 1.82) is 0 Å². The molecular weight excluding hydrogens is 764 g/mol. The highest BCUT2D eigenvalue weighted by Gasteiger charge is 2.28. The first-order valence-electron chi connectivity index (χ1n) is 11.4. The molecule has 200 valence electrons. The van der Waals surface area contributed by atoms with Gasteiger partial charge in [0, 0.05) is 5.41 Å². The number of carbonyl (C=O) groups excluding carboxylic acids is 2. The van der Waals surface area contributed by atoms with Crippen molar-refractivity contribution in [3.8, 4) is 23.0 Å². The summed E-state index contributed by atoms with van der Waals surface area (Å²) in [5, 5.41) is 0. The predicted molar refractivity (Wildman–Crippen MR) is 162 cm³/mol. The molecule has 6 nitrogen and oxygen atoms in total. The van der Waals surface area contributed by atoms with Crippen LogP contribution in [0.3, 0.4) is 0 Å². The summed E-state index contributed by atoms with van der Waals surface area (Å²) in [6, 6.07) is 24.8. The summed E-state index contributed by atoms with van der Waals surface area (Å²) in [6.45, 7) is 4.09. The zero-order valence-corrected chi connectivity index (χ0v) is 26.9. The fraction of sp³-hybridized carbons (Fsp3) is 0.103. The second-order valence-corrected chi connectivity index (χ2v) is 12.1. The topological polar surface area (TPSA) is 71.1 Å². The summed E-state index contributed by atoms with van der Waals surface area (Å²) in [6.07, 6.45) is -1.72. The van der Waals surface area contributed by atoms with E-state index in [4.69, 9.17) is 18.9 Å². The van der Waals surface area contributed by atoms with E-state index in [-0.39, 0.29) is 0 Å². The smallest absolute Gasteiger partial charge is 0.395 e. The zero-order chi connectivity index (χ0) is 28.2. The monoisotopic (exact) mass is 780 g/mol. The van der Waals surface area contributed by atoms with Crippen molar-refractivity contribution in [2.24, 2.45) is 0 Å². The van der Waals surface area contributed by atoms with E-state index in [0.717, 1.165) is 11.1 Å². The third-order valence-corrected chi connectivity index (χ3v) is 8.06. The Morgan fingerprint density at radius 3 is 1.15 bits per heavy atom. The van der Waals surface area contributed by atoms with E-state index in [1.165, 1.54) is 0 Å². The number of benzene rings is 4. The van der Waals surface area contributed by atoms with Crippen LogP contribution in [0.4, 0.5) is 9.59 Å². The fourth-order valence-corrected chi connectivity index (χ4v) is 6.28. The summed E-state index contributed by atoms with van der Waals surface area (Å²) in [7, 11) is 0. The highest BCUT2D eigenvalue weighted by Crippen LogP contribution is 2.44. The standard InChI is InChI=1S/C29H20Br4O6/c1-29(2,17-13-21(30)25(22(31)14-17)38-27(34)36-19-9-5-3-6-10-19)18-15-23(32)26(24(33)16-18)39-28(35)37-20-11-7-4-8-12-20/h3-16H,1-2H3. The van der Waals surface area contributed by atoms with E-state index < -0.39 is 17.7 Å². The van der Waals surface area contributed by atoms with E-state index in [9.17, 15) is 9.59 Å². The van der Waals surface area contributed by atoms with Crippen LogP contribution >= 0.6 is 63.7 Å². The molecule has 39 heavy (non-hydrogen) atoms. The molecule has 0 atom stereocenters. The van der Waals surface area contributed by atoms with E-state index in [1.54, 1.807) is 48.5 Å². The molecule has 0 amide bonds. The fourth-order valence-electron chi connectivity index (χ4n) is 3.58. The normalized spacial score (nSPS) is 11.0. The van der Waals surface area contributed by atoms with E-state index in [2.05, 4.69) is 63.7 Å². The van der Waals surface area contributed by atoms with E-state index in [0.29, 0.717) is 40.9 Å². The van der Waals surface area contributed by atoms with Gasteiger partial charge in [-0.2, -0.15) is 0 Å². The lowest BCUT2D eigenvalue weighted by molar-refractivity contribution is 0.150. The molecule has 0 radical (unpaired) electrons. The van der Waals surface area contributed by atoms with Crippen molar-refractivity contribution in [2.75, 3.05) is 0 Å². The lowest BCUT2D eigenvalue weighted by atomic mass is 9.78. The second-order valence-electron chi connectivity index (χ2n) is 8.70. The zero-order valence-electron chi connectivity index (χ0n) is 20.5. The molecule has 0 heterocycles. The molecule has 0 spiro atoms. The first-order valence-corrected chi connectivity index (χ1v) is 14.6. The van der Waals surface area contributed by atoms with Gasteiger partial charge in [-0.25, -0.2) is 9.59 Å². The van der Waals surface area contributed by atoms with Gasteiger partial charge in [-0.1, -0.05) is 50.2 Å². The van der Waals surface area contributed by atoms with Gasteiger partial charge >= 0.3 is 12.3 Å². The molecule has 0 aliphatic heterocycles. The molecule has 0 fully saturated rings. The number of carbonyl (C=O) groups is 2. The van der Waals surface area contributed by atoms with Crippen molar-refractivity contribution in [3.05, 3.63) is 114 Å². The Bertz CT molecular complexity index is 1350. The maximum atomic E-state index is 12.3. The molecule has 0 unspecified atom stereocenters. The molecule has 10 heteroatoms. The number of hydrogen-bond acceptors (Lipinski definition) is 6. The Kier molecular flexibility index (Phi) is 9.53. The number of hydrogen-bond donors (Lipinski definition) is 0. The van der Waals surface area contributed by atoms with E-state index >= 15 is 0 Å². The van der Waals surface area contributed by atoms with Crippen LogP contribution in [0.15, 0.2) is 103 Å². The molecule has 4 aromatic rings. The Morgan fingerprint density at radius 1 is 0.538 bits per heavy atom. The Morgan fingerprint density at radius 2 is 0.846 bits per heavy atom. The SMILES string of the molecule is CC(C)(c1cc(Br)c(OC(=O)Oc2ccccc2)c(Br)c1)c1cc(Br)c(OC(=O)Oc2ccccc2)c(Br)c1. The molecule has 4 rings (SSSR count). The summed E-state index contributed by atoms with van der Waals surface area (Å²) in [5.74, 6) is 1.34. The van der Waals surface area contributed by atoms with Crippen LogP contribution in [0.2, 0.25) is 0 Å². The van der Waals surface area contributed by atoms with Crippen molar-refractivity contribution in [1.82, 2.24) is 0 Å². The number of halogens is 4. The van der Waals surface area contributed by atoms with Crippen LogP contribution in [0, 0.1) is 0 Å². The van der Waals surface area contributed by atoms with Gasteiger partial charge in [-0.15, -0.1) is 0 Å². The highest BCUT2D eigenvalue weighted by molar-refractivity contribution is 9.11. The maximum absolute atomic E-state index is 12.3. The molecule has 4 aromatic carbocycles. The lowest BCUT2D eigenvalue weighted by Crippen LogP contribution is -2.20. The molecular formula is C29H20Br4O6. The molecule has 0 saturated carbocycles. The minimum Gasteiger partial charge on any atom is -0.395 e. The van der Waals surface area contributed by atoms with Crippen LogP contribution < -0.4 is 18.9 Å². The molecule has 0 bridgehead atoms. The van der Waals surface area contributed by atoms with Gasteiger partial charge in [0.2, 0.25) is 0 Å². The minimum atomic E-state index is -0.858. The van der Waals surface area contributed by atoms with Crippen LogP contribution in [0.1, 0.15) is 25.0 Å². The Hall–Kier alpha value is -2.66. The maximum Gasteiger partial charge on any atom is 0.519 e. The largest absolute Gasteiger partial charge is 0.519 e. The van der Waals surface area contributed by atoms with Crippen LogP contribution in [-0.4, -0.2) is 12.3 Å². The van der Waals surface area contributed by atoms with Gasteiger partial charge in [0.15, 0.2) is 11.5 Å². The molecule has 0 aromatic heterocycles. The van der Waals surface area contributed by atoms with E-state index in [1.807, 2.05) is 50.2 Å². The first-order chi connectivity index (χ1) is 18.5. The van der Waals surface area contributed by atoms with Gasteiger partial charge < -0.3 is 18.9 Å². The average Bonchev–Trinajstić information content (AvgIpc) is 2.89. The highest BCUT2D eigenvalue weighted by atomic mass is 79.9. The van der Waals surface area contributed by atoms with Crippen molar-refractivity contribution in [2.45, 2.75) is 19.3 Å². The average molecular weight is 784 g/mol. The number of ether oxygens (including phenoxy) is 4. The second kappa shape index (κ2) is 12.7. The summed E-state index contributed by atoms with van der Waals surface area (Å²) >= 11 is 14.1. The van der Waals surface area contributed by atoms with Crippen molar-refractivity contribution < 1.29 is 28.5 Å². The quantitative estimate of drug-likeness (QED) is 0.143. The third-order valence-electron chi connectivity index (χ3n) is 5.70.